The molecule has 0 bridgehead atoms. The molecule has 1 unspecified atom stereocenters. The zero-order valence-electron chi connectivity index (χ0n) is 5.55. The maximum Gasteiger partial charge on any atom is 0.227 e. The van der Waals surface area contributed by atoms with E-state index in [0.29, 0.717) is 0 Å². The van der Waals surface area contributed by atoms with Gasteiger partial charge in [-0.2, -0.15) is 0 Å². The second-order valence-corrected chi connectivity index (χ2v) is 1.76. The number of hydrogen-bond donors (Lipinski definition) is 1. The van der Waals surface area contributed by atoms with Crippen LogP contribution >= 0.6 is 0 Å². The van der Waals surface area contributed by atoms with Gasteiger partial charge in [-0.3, -0.25) is 4.79 Å². The Balaban J connectivity index is 4.13. The quantitative estimate of drug-likeness (QED) is 0.435. The lowest BCUT2D eigenvalue weighted by Gasteiger charge is -2.16. The van der Waals surface area contributed by atoms with Crippen LogP contribution in [0.2, 0.25) is 0 Å². The number of aliphatic hydroxyl groups is 1. The van der Waals surface area contributed by atoms with Crippen molar-refractivity contribution in [2.75, 3.05) is 7.11 Å². The molecule has 1 N–H and O–H groups in total. The van der Waals surface area contributed by atoms with Crippen LogP contribution in [-0.4, -0.2) is 23.8 Å². The fraction of sp³-hybridized carbons (Fsp3) is 0.500. The Morgan fingerprint density at radius 2 is 2.33 bits per heavy atom. The Bertz CT molecular complexity index is 126. The Morgan fingerprint density at radius 1 is 1.89 bits per heavy atom. The third kappa shape index (κ3) is 1.95. The predicted molar refractivity (Wildman–Crippen MR) is 32.8 cm³/mol. The minimum atomic E-state index is -1.71. The second-order valence-electron chi connectivity index (χ2n) is 1.76. The van der Waals surface area contributed by atoms with E-state index < -0.39 is 11.6 Å². The number of methoxy groups -OCH3 is 1. The summed E-state index contributed by atoms with van der Waals surface area (Å²) in [6, 6.07) is 0. The van der Waals surface area contributed by atoms with E-state index in [0.717, 1.165) is 6.08 Å². The highest BCUT2D eigenvalue weighted by Crippen LogP contribution is 2.04. The van der Waals surface area contributed by atoms with Crippen molar-refractivity contribution in [3.63, 3.8) is 0 Å². The zero-order valence-corrected chi connectivity index (χ0v) is 5.55. The number of hydrogen-bond acceptors (Lipinski definition) is 3. The van der Waals surface area contributed by atoms with Crippen LogP contribution in [0.25, 0.3) is 0 Å². The van der Waals surface area contributed by atoms with Gasteiger partial charge in [0.25, 0.3) is 0 Å². The minimum Gasteiger partial charge on any atom is -0.360 e. The Hall–Kier alpha value is -0.670. The summed E-state index contributed by atoms with van der Waals surface area (Å²) in [6.45, 7) is 4.45. The summed E-state index contributed by atoms with van der Waals surface area (Å²) in [4.78, 5) is 10.6. The molecule has 3 heteroatoms. The van der Waals surface area contributed by atoms with Gasteiger partial charge in [-0.15, -0.1) is 0 Å². The van der Waals surface area contributed by atoms with Crippen molar-refractivity contribution in [3.8, 4) is 0 Å². The van der Waals surface area contributed by atoms with Crippen LogP contribution in [0.1, 0.15) is 6.92 Å². The fourth-order valence-corrected chi connectivity index (χ4v) is 0.290. The average molecular weight is 130 g/mol. The van der Waals surface area contributed by atoms with Crippen molar-refractivity contribution in [3.05, 3.63) is 12.7 Å². The zero-order chi connectivity index (χ0) is 7.49. The molecular weight excluding hydrogens is 120 g/mol. The third-order valence-electron chi connectivity index (χ3n) is 1.04. The molecule has 1 atom stereocenters. The molecule has 3 nitrogen and oxygen atoms in total. The molecular formula is C6H10O3. The van der Waals surface area contributed by atoms with E-state index in [1.807, 2.05) is 0 Å². The number of carbonyl (C=O) groups is 1. The van der Waals surface area contributed by atoms with Gasteiger partial charge in [0.15, 0.2) is 0 Å². The van der Waals surface area contributed by atoms with Crippen LogP contribution in [0.4, 0.5) is 0 Å². The molecule has 0 fully saturated rings. The van der Waals surface area contributed by atoms with Gasteiger partial charge < -0.3 is 9.84 Å². The van der Waals surface area contributed by atoms with Crippen molar-refractivity contribution >= 4 is 5.78 Å². The number of carbonyl (C=O) groups excluding carboxylic acids is 1. The van der Waals surface area contributed by atoms with E-state index in [1.54, 1.807) is 0 Å². The highest BCUT2D eigenvalue weighted by molar-refractivity contribution is 5.94. The summed E-state index contributed by atoms with van der Waals surface area (Å²) in [5.41, 5.74) is 0. The fourth-order valence-electron chi connectivity index (χ4n) is 0.290. The monoisotopic (exact) mass is 130 g/mol. The van der Waals surface area contributed by atoms with Crippen LogP contribution < -0.4 is 0 Å². The summed E-state index contributed by atoms with van der Waals surface area (Å²) in [6.07, 6.45) is 1.02. The Kier molecular flexibility index (Phi) is 2.55. The molecule has 0 aliphatic rings. The number of rotatable bonds is 3. The van der Waals surface area contributed by atoms with Crippen molar-refractivity contribution in [1.29, 1.82) is 0 Å². The Labute approximate surface area is 53.9 Å². The standard InChI is InChI=1S/C6H10O3/c1-4-5(7)6(2,8)9-3/h4,8H,1H2,2-3H3. The molecule has 0 saturated carbocycles. The van der Waals surface area contributed by atoms with Crippen molar-refractivity contribution in [1.82, 2.24) is 0 Å². The molecule has 52 valence electrons. The molecule has 0 amide bonds. The van der Waals surface area contributed by atoms with Crippen LogP contribution in [-0.2, 0) is 9.53 Å². The molecule has 0 radical (unpaired) electrons. The maximum absolute atomic E-state index is 10.6. The number of ketones is 1. The molecule has 0 rings (SSSR count). The summed E-state index contributed by atoms with van der Waals surface area (Å²) >= 11 is 0. The first kappa shape index (κ1) is 8.33. The second kappa shape index (κ2) is 2.75. The lowest BCUT2D eigenvalue weighted by atomic mass is 10.2. The first-order valence-electron chi connectivity index (χ1n) is 2.49. The van der Waals surface area contributed by atoms with E-state index in [-0.39, 0.29) is 0 Å². The molecule has 9 heavy (non-hydrogen) atoms. The van der Waals surface area contributed by atoms with E-state index >= 15 is 0 Å². The highest BCUT2D eigenvalue weighted by Gasteiger charge is 2.26. The smallest absolute Gasteiger partial charge is 0.227 e. The Morgan fingerprint density at radius 3 is 2.44 bits per heavy atom. The maximum atomic E-state index is 10.6. The lowest BCUT2D eigenvalue weighted by Crippen LogP contribution is -2.35. The topological polar surface area (TPSA) is 46.5 Å². The number of ether oxygens (including phenoxy) is 1. The van der Waals surface area contributed by atoms with Crippen LogP contribution in [0, 0.1) is 0 Å². The van der Waals surface area contributed by atoms with Gasteiger partial charge in [0, 0.05) is 7.11 Å². The van der Waals surface area contributed by atoms with Crippen LogP contribution in [0.15, 0.2) is 12.7 Å². The lowest BCUT2D eigenvalue weighted by molar-refractivity contribution is -0.181. The van der Waals surface area contributed by atoms with Gasteiger partial charge >= 0.3 is 0 Å². The highest BCUT2D eigenvalue weighted by atomic mass is 16.6. The van der Waals surface area contributed by atoms with Crippen molar-refractivity contribution in [2.24, 2.45) is 0 Å². The third-order valence-corrected chi connectivity index (χ3v) is 1.04. The van der Waals surface area contributed by atoms with E-state index in [1.165, 1.54) is 14.0 Å². The summed E-state index contributed by atoms with van der Waals surface area (Å²) < 4.78 is 4.43. The molecule has 0 aliphatic carbocycles. The van der Waals surface area contributed by atoms with Crippen LogP contribution in [0.5, 0.6) is 0 Å². The summed E-state index contributed by atoms with van der Waals surface area (Å²) in [5, 5.41) is 8.95. The van der Waals surface area contributed by atoms with Gasteiger partial charge in [-0.25, -0.2) is 0 Å². The van der Waals surface area contributed by atoms with E-state index in [2.05, 4.69) is 11.3 Å². The summed E-state index contributed by atoms with van der Waals surface area (Å²) in [7, 11) is 1.25. The van der Waals surface area contributed by atoms with Gasteiger partial charge in [0.2, 0.25) is 11.6 Å². The molecule has 0 spiro atoms. The first-order chi connectivity index (χ1) is 4.04. The van der Waals surface area contributed by atoms with Crippen LogP contribution in [0.3, 0.4) is 0 Å². The van der Waals surface area contributed by atoms with E-state index in [4.69, 9.17) is 5.11 Å². The van der Waals surface area contributed by atoms with Gasteiger partial charge in [-0.05, 0) is 13.0 Å². The normalized spacial score (nSPS) is 16.3. The first-order valence-corrected chi connectivity index (χ1v) is 2.49. The summed E-state index contributed by atoms with van der Waals surface area (Å²) in [5.74, 6) is -2.24. The molecule has 0 heterocycles. The molecule has 0 aromatic heterocycles. The average Bonchev–Trinajstić information content (AvgIpc) is 1.86. The van der Waals surface area contributed by atoms with Gasteiger partial charge in [-0.1, -0.05) is 6.58 Å². The van der Waals surface area contributed by atoms with E-state index in [9.17, 15) is 4.79 Å². The van der Waals surface area contributed by atoms with Crippen molar-refractivity contribution in [2.45, 2.75) is 12.7 Å². The predicted octanol–water partition coefficient (Wildman–Crippen LogP) is 0.0964. The van der Waals surface area contributed by atoms with Gasteiger partial charge in [0.05, 0.1) is 0 Å². The SMILES string of the molecule is C=CC(=O)C(C)(O)OC. The van der Waals surface area contributed by atoms with Gasteiger partial charge in [0.1, 0.15) is 0 Å². The molecule has 0 aliphatic heterocycles. The van der Waals surface area contributed by atoms with Crippen molar-refractivity contribution < 1.29 is 14.6 Å². The molecule has 0 saturated heterocycles. The largest absolute Gasteiger partial charge is 0.360 e. The minimum absolute atomic E-state index is 0.537. The molecule has 0 aromatic rings. The molecule has 0 aromatic carbocycles.